The molecule has 1 aromatic carbocycles. The van der Waals surface area contributed by atoms with E-state index >= 15 is 0 Å². The van der Waals surface area contributed by atoms with Gasteiger partial charge in [-0.25, -0.2) is 0 Å². The smallest absolute Gasteiger partial charge is 0.238 e. The van der Waals surface area contributed by atoms with Crippen LogP contribution in [-0.4, -0.2) is 71.3 Å². The molecule has 0 radical (unpaired) electrons. The molecule has 0 bridgehead atoms. The molecule has 0 aliphatic carbocycles. The molecule has 7 heteroatoms. The number of benzene rings is 1. The number of morpholine rings is 1. The summed E-state index contributed by atoms with van der Waals surface area (Å²) in [6.07, 6.45) is 2.81. The molecule has 0 saturated carbocycles. The minimum absolute atomic E-state index is 0.0661. The highest BCUT2D eigenvalue weighted by Gasteiger charge is 2.35. The number of nitrogens with one attached hydrogen (secondary N) is 1. The van der Waals surface area contributed by atoms with Crippen molar-refractivity contribution in [3.05, 3.63) is 24.3 Å². The molecule has 3 heterocycles. The van der Waals surface area contributed by atoms with E-state index in [1.165, 1.54) is 11.8 Å². The number of para-hydroxylation sites is 1. The molecule has 1 aromatic rings. The second-order valence-corrected chi connectivity index (χ2v) is 9.40. The Morgan fingerprint density at radius 3 is 2.79 bits per heavy atom. The average Bonchev–Trinajstić information content (AvgIpc) is 3.09. The molecule has 0 aromatic heterocycles. The lowest BCUT2D eigenvalue weighted by atomic mass is 10.1. The average molecular weight is 404 g/mol. The summed E-state index contributed by atoms with van der Waals surface area (Å²) in [5, 5.41) is 2.59. The molecule has 4 unspecified atom stereocenters. The number of carbonyl (C=O) groups excluding carboxylic acids is 2. The van der Waals surface area contributed by atoms with Crippen LogP contribution in [-0.2, 0) is 14.3 Å². The Morgan fingerprint density at radius 2 is 2.00 bits per heavy atom. The Morgan fingerprint density at radius 1 is 1.25 bits per heavy atom. The standard InChI is InChI=1S/C21H29N3O3S/c1-14-11-23(12-15(2)27-14)13-16-6-5-9-24(16)20(25)10-19-21(26)22-17-7-3-4-8-18(17)28-19/h3-4,7-8,14-16,19H,5-6,9-13H2,1-2H3,(H,22,26). The molecule has 28 heavy (non-hydrogen) atoms. The second kappa shape index (κ2) is 8.43. The minimum atomic E-state index is -0.355. The van der Waals surface area contributed by atoms with Gasteiger partial charge in [0.25, 0.3) is 0 Å². The molecule has 2 amide bonds. The monoisotopic (exact) mass is 403 g/mol. The summed E-state index contributed by atoms with van der Waals surface area (Å²) in [4.78, 5) is 31.0. The molecule has 2 fully saturated rings. The van der Waals surface area contributed by atoms with Crippen LogP contribution in [0.2, 0.25) is 0 Å². The fourth-order valence-corrected chi connectivity index (χ4v) is 5.69. The number of anilines is 1. The van der Waals surface area contributed by atoms with Crippen molar-refractivity contribution in [2.45, 2.75) is 61.5 Å². The van der Waals surface area contributed by atoms with Crippen LogP contribution < -0.4 is 5.32 Å². The zero-order valence-corrected chi connectivity index (χ0v) is 17.4. The number of hydrogen-bond acceptors (Lipinski definition) is 5. The number of thioether (sulfide) groups is 1. The van der Waals surface area contributed by atoms with Crippen LogP contribution in [0.1, 0.15) is 33.1 Å². The van der Waals surface area contributed by atoms with Gasteiger partial charge >= 0.3 is 0 Å². The van der Waals surface area contributed by atoms with E-state index in [4.69, 9.17) is 4.74 Å². The summed E-state index contributed by atoms with van der Waals surface area (Å²) in [5.41, 5.74) is 0.843. The normalized spacial score (nSPS) is 30.8. The summed E-state index contributed by atoms with van der Waals surface area (Å²) in [7, 11) is 0. The fourth-order valence-electron chi connectivity index (χ4n) is 4.59. The van der Waals surface area contributed by atoms with E-state index in [0.29, 0.717) is 0 Å². The van der Waals surface area contributed by atoms with E-state index in [9.17, 15) is 9.59 Å². The zero-order valence-electron chi connectivity index (χ0n) is 16.6. The van der Waals surface area contributed by atoms with Gasteiger partial charge in [0.1, 0.15) is 0 Å². The van der Waals surface area contributed by atoms with Crippen LogP contribution in [0.25, 0.3) is 0 Å². The van der Waals surface area contributed by atoms with Gasteiger partial charge in [0.2, 0.25) is 11.8 Å². The van der Waals surface area contributed by atoms with E-state index in [2.05, 4.69) is 24.1 Å². The predicted molar refractivity (Wildman–Crippen MR) is 111 cm³/mol. The molecular weight excluding hydrogens is 374 g/mol. The third-order valence-electron chi connectivity index (χ3n) is 5.73. The summed E-state index contributed by atoms with van der Waals surface area (Å²) in [5.74, 6) is 0.0347. The number of fused-ring (bicyclic) bond motifs is 1. The van der Waals surface area contributed by atoms with Gasteiger partial charge in [0, 0.05) is 43.5 Å². The molecule has 3 aliphatic heterocycles. The second-order valence-electron chi connectivity index (χ2n) is 8.16. The highest BCUT2D eigenvalue weighted by atomic mass is 32.2. The summed E-state index contributed by atoms with van der Waals surface area (Å²) in [6, 6.07) is 8.01. The number of ether oxygens (including phenoxy) is 1. The minimum Gasteiger partial charge on any atom is -0.373 e. The topological polar surface area (TPSA) is 61.9 Å². The molecular formula is C21H29N3O3S. The molecule has 6 nitrogen and oxygen atoms in total. The van der Waals surface area contributed by atoms with Crippen molar-refractivity contribution >= 4 is 29.3 Å². The largest absolute Gasteiger partial charge is 0.373 e. The summed E-state index contributed by atoms with van der Waals surface area (Å²) >= 11 is 1.50. The maximum Gasteiger partial charge on any atom is 0.238 e. The van der Waals surface area contributed by atoms with Gasteiger partial charge in [-0.05, 0) is 38.8 Å². The van der Waals surface area contributed by atoms with Crippen molar-refractivity contribution in [1.29, 1.82) is 0 Å². The fraction of sp³-hybridized carbons (Fsp3) is 0.619. The Labute approximate surface area is 171 Å². The van der Waals surface area contributed by atoms with Gasteiger partial charge in [-0.15, -0.1) is 11.8 Å². The van der Waals surface area contributed by atoms with Gasteiger partial charge in [-0.1, -0.05) is 12.1 Å². The number of amides is 2. The van der Waals surface area contributed by atoms with E-state index in [0.717, 1.165) is 49.6 Å². The SMILES string of the molecule is CC1CN(CC2CCCN2C(=O)CC2Sc3ccccc3NC2=O)CC(C)O1. The van der Waals surface area contributed by atoms with Crippen LogP contribution in [0.15, 0.2) is 29.2 Å². The van der Waals surface area contributed by atoms with Crippen LogP contribution in [0, 0.1) is 0 Å². The maximum absolute atomic E-state index is 13.0. The lowest BCUT2D eigenvalue weighted by Crippen LogP contribution is -2.51. The predicted octanol–water partition coefficient (Wildman–Crippen LogP) is 2.59. The first-order chi connectivity index (χ1) is 13.5. The Bertz CT molecular complexity index is 733. The maximum atomic E-state index is 13.0. The lowest BCUT2D eigenvalue weighted by molar-refractivity contribution is -0.134. The van der Waals surface area contributed by atoms with Gasteiger partial charge in [0.05, 0.1) is 23.1 Å². The molecule has 4 rings (SSSR count). The van der Waals surface area contributed by atoms with Crippen molar-refractivity contribution in [2.75, 3.05) is 31.5 Å². The number of rotatable bonds is 4. The number of hydrogen-bond donors (Lipinski definition) is 1. The highest BCUT2D eigenvalue weighted by Crippen LogP contribution is 2.37. The van der Waals surface area contributed by atoms with Gasteiger partial charge in [-0.2, -0.15) is 0 Å². The Hall–Kier alpha value is -1.57. The quantitative estimate of drug-likeness (QED) is 0.837. The number of likely N-dealkylation sites (tertiary alicyclic amines) is 1. The van der Waals surface area contributed by atoms with E-state index < -0.39 is 0 Å². The van der Waals surface area contributed by atoms with Crippen molar-refractivity contribution in [3.8, 4) is 0 Å². The molecule has 1 N–H and O–H groups in total. The van der Waals surface area contributed by atoms with E-state index in [1.807, 2.05) is 29.2 Å². The van der Waals surface area contributed by atoms with Crippen LogP contribution in [0.4, 0.5) is 5.69 Å². The van der Waals surface area contributed by atoms with Crippen LogP contribution in [0.3, 0.4) is 0 Å². The van der Waals surface area contributed by atoms with Crippen molar-refractivity contribution in [2.24, 2.45) is 0 Å². The first-order valence-electron chi connectivity index (χ1n) is 10.2. The molecule has 2 saturated heterocycles. The van der Waals surface area contributed by atoms with Crippen molar-refractivity contribution in [1.82, 2.24) is 9.80 Å². The first kappa shape index (κ1) is 19.7. The Balaban J connectivity index is 1.37. The molecule has 4 atom stereocenters. The third-order valence-corrected chi connectivity index (χ3v) is 7.00. The van der Waals surface area contributed by atoms with Gasteiger partial charge in [-0.3, -0.25) is 14.5 Å². The van der Waals surface area contributed by atoms with E-state index in [-0.39, 0.29) is 41.7 Å². The van der Waals surface area contributed by atoms with Gasteiger partial charge in [0.15, 0.2) is 0 Å². The number of carbonyl (C=O) groups is 2. The van der Waals surface area contributed by atoms with Crippen molar-refractivity contribution < 1.29 is 14.3 Å². The zero-order chi connectivity index (χ0) is 19.7. The summed E-state index contributed by atoms with van der Waals surface area (Å²) < 4.78 is 5.83. The Kier molecular flexibility index (Phi) is 5.94. The summed E-state index contributed by atoms with van der Waals surface area (Å²) in [6.45, 7) is 7.75. The lowest BCUT2D eigenvalue weighted by Gasteiger charge is -2.38. The molecule has 152 valence electrons. The molecule has 3 aliphatic rings. The van der Waals surface area contributed by atoms with E-state index in [1.54, 1.807) is 0 Å². The first-order valence-corrected chi connectivity index (χ1v) is 11.1. The third kappa shape index (κ3) is 4.36. The van der Waals surface area contributed by atoms with Crippen molar-refractivity contribution in [3.63, 3.8) is 0 Å². The molecule has 0 spiro atoms. The highest BCUT2D eigenvalue weighted by molar-refractivity contribution is 8.01. The van der Waals surface area contributed by atoms with Gasteiger partial charge < -0.3 is 15.0 Å². The number of nitrogens with zero attached hydrogens (tertiary/aromatic N) is 2. The van der Waals surface area contributed by atoms with Crippen LogP contribution >= 0.6 is 11.8 Å². The van der Waals surface area contributed by atoms with Crippen LogP contribution in [0.5, 0.6) is 0 Å².